The molecule has 0 unspecified atom stereocenters. The van der Waals surface area contributed by atoms with Crippen molar-refractivity contribution >= 4 is 28.2 Å². The Bertz CT molecular complexity index is 1330. The predicted molar refractivity (Wildman–Crippen MR) is 126 cm³/mol. The lowest BCUT2D eigenvalue weighted by Crippen LogP contribution is -2.36. The summed E-state index contributed by atoms with van der Waals surface area (Å²) in [4.78, 5) is 10.9. The van der Waals surface area contributed by atoms with E-state index in [1.54, 1.807) is 12.1 Å². The quantitative estimate of drug-likeness (QED) is 0.460. The minimum Gasteiger partial charge on any atom is -0.480 e. The molecule has 0 saturated carbocycles. The molecule has 4 aromatic rings. The van der Waals surface area contributed by atoms with Gasteiger partial charge in [-0.25, -0.2) is 14.4 Å². The number of hydrogen-bond donors (Lipinski definition) is 1. The van der Waals surface area contributed by atoms with Crippen molar-refractivity contribution in [1.29, 1.82) is 0 Å². The fraction of sp³-hybridized carbons (Fsp3) is 0.250. The summed E-state index contributed by atoms with van der Waals surface area (Å²) in [7, 11) is 1.47. The SMILES string of the molecule is COc1ccc([C@@H](O)c2ccc(F)c(-c3ncnc4cc(N5CCOCC5)ccc34)c2Cl)nn1. The predicted octanol–water partition coefficient (Wildman–Crippen LogP) is 3.81. The van der Waals surface area contributed by atoms with Crippen LogP contribution in [0.15, 0.2) is 48.8 Å². The lowest BCUT2D eigenvalue weighted by Gasteiger charge is -2.29. The number of morpholine rings is 1. The molecule has 1 saturated heterocycles. The van der Waals surface area contributed by atoms with Crippen LogP contribution in [0.5, 0.6) is 5.88 Å². The highest BCUT2D eigenvalue weighted by molar-refractivity contribution is 6.34. The number of aromatic nitrogens is 4. The van der Waals surface area contributed by atoms with E-state index in [2.05, 4.69) is 25.1 Å². The third kappa shape index (κ3) is 4.13. The van der Waals surface area contributed by atoms with E-state index in [-0.39, 0.29) is 21.8 Å². The Morgan fingerprint density at radius 2 is 1.91 bits per heavy atom. The van der Waals surface area contributed by atoms with Gasteiger partial charge in [-0.05, 0) is 30.3 Å². The Morgan fingerprint density at radius 3 is 2.65 bits per heavy atom. The first-order valence-corrected chi connectivity index (χ1v) is 11.1. The van der Waals surface area contributed by atoms with Gasteiger partial charge in [0.05, 0.1) is 47.8 Å². The molecule has 1 aliphatic rings. The lowest BCUT2D eigenvalue weighted by atomic mass is 9.99. The van der Waals surface area contributed by atoms with E-state index in [9.17, 15) is 5.11 Å². The van der Waals surface area contributed by atoms with Crippen molar-refractivity contribution in [2.75, 3.05) is 38.3 Å². The highest BCUT2D eigenvalue weighted by atomic mass is 35.5. The fourth-order valence-corrected chi connectivity index (χ4v) is 4.35. The number of fused-ring (bicyclic) bond motifs is 1. The Morgan fingerprint density at radius 1 is 1.09 bits per heavy atom. The molecule has 174 valence electrons. The molecule has 1 atom stereocenters. The highest BCUT2D eigenvalue weighted by Gasteiger charge is 2.23. The van der Waals surface area contributed by atoms with Gasteiger partial charge in [-0.3, -0.25) is 0 Å². The van der Waals surface area contributed by atoms with Gasteiger partial charge in [-0.15, -0.1) is 10.2 Å². The molecule has 3 heterocycles. The van der Waals surface area contributed by atoms with Gasteiger partial charge in [0, 0.05) is 35.8 Å². The second-order valence-electron chi connectivity index (χ2n) is 7.75. The second-order valence-corrected chi connectivity index (χ2v) is 8.13. The standard InChI is InChI=1S/C24H21ClFN5O3/c1-33-20-7-6-18(29-30-20)24(32)16-4-5-17(26)21(22(16)25)23-15-3-2-14(12-19(15)27-13-28-23)31-8-10-34-11-9-31/h2-7,12-13,24,32H,8-11H2,1H3/t24-/m0/s1. The molecule has 0 radical (unpaired) electrons. The van der Waals surface area contributed by atoms with Crippen LogP contribution < -0.4 is 9.64 Å². The number of anilines is 1. The number of aliphatic hydroxyl groups is 1. The summed E-state index contributed by atoms with van der Waals surface area (Å²) in [6.07, 6.45) is 0.167. The Kier molecular flexibility index (Phi) is 6.23. The Hall–Kier alpha value is -3.40. The molecule has 34 heavy (non-hydrogen) atoms. The first-order chi connectivity index (χ1) is 16.6. The summed E-state index contributed by atoms with van der Waals surface area (Å²) in [5.74, 6) is -0.246. The third-order valence-corrected chi connectivity index (χ3v) is 6.21. The molecule has 1 N–H and O–H groups in total. The second kappa shape index (κ2) is 9.46. The molecule has 0 spiro atoms. The number of benzene rings is 2. The zero-order valence-electron chi connectivity index (χ0n) is 18.3. The van der Waals surface area contributed by atoms with Crippen LogP contribution in [0.4, 0.5) is 10.1 Å². The zero-order valence-corrected chi connectivity index (χ0v) is 19.0. The van der Waals surface area contributed by atoms with Crippen molar-refractivity contribution in [2.24, 2.45) is 0 Å². The fourth-order valence-electron chi connectivity index (χ4n) is 4.00. The van der Waals surface area contributed by atoms with Gasteiger partial charge in [-0.2, -0.15) is 0 Å². The van der Waals surface area contributed by atoms with Crippen LogP contribution in [0.1, 0.15) is 17.4 Å². The van der Waals surface area contributed by atoms with Crippen LogP contribution in [0.2, 0.25) is 5.02 Å². The van der Waals surface area contributed by atoms with Crippen LogP contribution in [-0.4, -0.2) is 58.7 Å². The summed E-state index contributed by atoms with van der Waals surface area (Å²) < 4.78 is 25.5. The van der Waals surface area contributed by atoms with E-state index in [0.29, 0.717) is 35.7 Å². The maximum atomic E-state index is 15.1. The minimum atomic E-state index is -1.22. The molecule has 1 aliphatic heterocycles. The maximum absolute atomic E-state index is 15.1. The third-order valence-electron chi connectivity index (χ3n) is 5.80. The molecule has 1 fully saturated rings. The summed E-state index contributed by atoms with van der Waals surface area (Å²) in [5, 5.41) is 19.4. The van der Waals surface area contributed by atoms with Crippen molar-refractivity contribution in [1.82, 2.24) is 20.2 Å². The van der Waals surface area contributed by atoms with E-state index < -0.39 is 11.9 Å². The van der Waals surface area contributed by atoms with Crippen LogP contribution in [0.25, 0.3) is 22.2 Å². The normalized spacial score (nSPS) is 14.9. The van der Waals surface area contributed by atoms with Gasteiger partial charge in [0.25, 0.3) is 0 Å². The first-order valence-electron chi connectivity index (χ1n) is 10.7. The zero-order chi connectivity index (χ0) is 23.7. The Balaban J connectivity index is 1.57. The van der Waals surface area contributed by atoms with E-state index in [1.807, 2.05) is 18.2 Å². The van der Waals surface area contributed by atoms with Crippen LogP contribution >= 0.6 is 11.6 Å². The van der Waals surface area contributed by atoms with Gasteiger partial charge in [0.2, 0.25) is 5.88 Å². The van der Waals surface area contributed by atoms with Crippen molar-refractivity contribution in [3.63, 3.8) is 0 Å². The van der Waals surface area contributed by atoms with Crippen LogP contribution in [0, 0.1) is 5.82 Å². The monoisotopic (exact) mass is 481 g/mol. The van der Waals surface area contributed by atoms with Crippen molar-refractivity contribution < 1.29 is 19.0 Å². The largest absolute Gasteiger partial charge is 0.480 e. The number of methoxy groups -OCH3 is 1. The molecule has 0 bridgehead atoms. The Labute approximate surface area is 200 Å². The minimum absolute atomic E-state index is 0.0439. The molecule has 10 heteroatoms. The summed E-state index contributed by atoms with van der Waals surface area (Å²) in [6.45, 7) is 2.92. The molecular weight excluding hydrogens is 461 g/mol. The van der Waals surface area contributed by atoms with Crippen LogP contribution in [0.3, 0.4) is 0 Å². The maximum Gasteiger partial charge on any atom is 0.233 e. The van der Waals surface area contributed by atoms with Gasteiger partial charge >= 0.3 is 0 Å². The summed E-state index contributed by atoms with van der Waals surface area (Å²) in [6, 6.07) is 11.6. The molecule has 8 nitrogen and oxygen atoms in total. The van der Waals surface area contributed by atoms with Crippen molar-refractivity contribution in [3.05, 3.63) is 70.9 Å². The van der Waals surface area contributed by atoms with Gasteiger partial charge in [-0.1, -0.05) is 17.7 Å². The number of aliphatic hydroxyl groups excluding tert-OH is 1. The molecule has 5 rings (SSSR count). The molecular formula is C24H21ClFN5O3. The lowest BCUT2D eigenvalue weighted by molar-refractivity contribution is 0.122. The van der Waals surface area contributed by atoms with Gasteiger partial charge < -0.3 is 19.5 Å². The average molecular weight is 482 g/mol. The van der Waals surface area contributed by atoms with E-state index in [1.165, 1.54) is 25.6 Å². The van der Waals surface area contributed by atoms with Gasteiger partial charge in [0.1, 0.15) is 18.2 Å². The van der Waals surface area contributed by atoms with E-state index in [4.69, 9.17) is 21.1 Å². The number of ether oxygens (including phenoxy) is 2. The topological polar surface area (TPSA) is 93.5 Å². The van der Waals surface area contributed by atoms with Gasteiger partial charge in [0.15, 0.2) is 0 Å². The summed E-state index contributed by atoms with van der Waals surface area (Å²) >= 11 is 6.65. The van der Waals surface area contributed by atoms with Crippen molar-refractivity contribution in [2.45, 2.75) is 6.10 Å². The molecule has 0 aliphatic carbocycles. The van der Waals surface area contributed by atoms with E-state index in [0.717, 1.165) is 18.8 Å². The number of nitrogens with zero attached hydrogens (tertiary/aromatic N) is 5. The van der Waals surface area contributed by atoms with Crippen LogP contribution in [-0.2, 0) is 4.74 Å². The number of rotatable bonds is 5. The van der Waals surface area contributed by atoms with E-state index >= 15 is 4.39 Å². The van der Waals surface area contributed by atoms with Crippen molar-refractivity contribution in [3.8, 4) is 17.1 Å². The number of hydrogen-bond acceptors (Lipinski definition) is 8. The number of halogens is 2. The molecule has 0 amide bonds. The average Bonchev–Trinajstić information content (AvgIpc) is 2.89. The first kappa shape index (κ1) is 22.4. The molecule has 2 aromatic carbocycles. The highest BCUT2D eigenvalue weighted by Crippen LogP contribution is 2.39. The smallest absolute Gasteiger partial charge is 0.233 e. The summed E-state index contributed by atoms with van der Waals surface area (Å²) in [5.41, 5.74) is 2.64. The molecule has 2 aromatic heterocycles.